The standard InChI is InChI=1S/C21H26FN3O2/c1-15-13-23-21(17-6-9-27-10-7-17)25(15)19-5-8-24(14-19)20(26)12-16-3-2-4-18(22)11-16/h2-4,11,13,17,19H,5-10,12,14H2,1H3. The number of hydrogen-bond acceptors (Lipinski definition) is 3. The second-order valence-electron chi connectivity index (χ2n) is 7.60. The summed E-state index contributed by atoms with van der Waals surface area (Å²) >= 11 is 0. The Labute approximate surface area is 159 Å². The number of amides is 1. The lowest BCUT2D eigenvalue weighted by Crippen LogP contribution is -2.31. The maximum atomic E-state index is 13.4. The summed E-state index contributed by atoms with van der Waals surface area (Å²) in [6.45, 7) is 5.11. The highest BCUT2D eigenvalue weighted by Crippen LogP contribution is 2.32. The lowest BCUT2D eigenvalue weighted by atomic mass is 9.99. The first-order valence-electron chi connectivity index (χ1n) is 9.75. The smallest absolute Gasteiger partial charge is 0.227 e. The molecule has 0 N–H and O–H groups in total. The number of aryl methyl sites for hydroxylation is 1. The van der Waals surface area contributed by atoms with Crippen molar-refractivity contribution < 1.29 is 13.9 Å². The number of hydrogen-bond donors (Lipinski definition) is 0. The SMILES string of the molecule is Cc1cnc(C2CCOCC2)n1C1CCN(C(=O)Cc2cccc(F)c2)C1. The summed E-state index contributed by atoms with van der Waals surface area (Å²) < 4.78 is 21.2. The van der Waals surface area contributed by atoms with Gasteiger partial charge in [0.15, 0.2) is 0 Å². The monoisotopic (exact) mass is 371 g/mol. The predicted octanol–water partition coefficient (Wildman–Crippen LogP) is 3.24. The Hall–Kier alpha value is -2.21. The molecule has 0 saturated carbocycles. The molecular formula is C21H26FN3O2. The fourth-order valence-electron chi connectivity index (χ4n) is 4.31. The summed E-state index contributed by atoms with van der Waals surface area (Å²) in [5.74, 6) is 1.34. The summed E-state index contributed by atoms with van der Waals surface area (Å²) in [6, 6.07) is 6.56. The summed E-state index contributed by atoms with van der Waals surface area (Å²) in [5, 5.41) is 0. The van der Waals surface area contributed by atoms with Gasteiger partial charge in [-0.25, -0.2) is 9.37 Å². The molecule has 3 heterocycles. The number of likely N-dealkylation sites (tertiary alicyclic amines) is 1. The van der Waals surface area contributed by atoms with E-state index in [0.717, 1.165) is 56.1 Å². The topological polar surface area (TPSA) is 47.4 Å². The van der Waals surface area contributed by atoms with E-state index >= 15 is 0 Å². The van der Waals surface area contributed by atoms with E-state index in [1.54, 1.807) is 12.1 Å². The molecule has 5 nitrogen and oxygen atoms in total. The molecule has 2 fully saturated rings. The first kappa shape index (κ1) is 18.2. The Bertz CT molecular complexity index is 814. The van der Waals surface area contributed by atoms with E-state index in [4.69, 9.17) is 9.72 Å². The average Bonchev–Trinajstić information content (AvgIpc) is 3.29. The molecule has 144 valence electrons. The van der Waals surface area contributed by atoms with Crippen LogP contribution in [0.15, 0.2) is 30.5 Å². The van der Waals surface area contributed by atoms with Gasteiger partial charge in [0.05, 0.1) is 12.5 Å². The number of aromatic nitrogens is 2. The Kier molecular flexibility index (Phi) is 5.25. The first-order valence-corrected chi connectivity index (χ1v) is 9.75. The minimum atomic E-state index is -0.297. The van der Waals surface area contributed by atoms with Crippen LogP contribution in [0.4, 0.5) is 4.39 Å². The summed E-state index contributed by atoms with van der Waals surface area (Å²) in [5.41, 5.74) is 1.88. The van der Waals surface area contributed by atoms with Crippen LogP contribution in [0.3, 0.4) is 0 Å². The van der Waals surface area contributed by atoms with E-state index in [2.05, 4.69) is 11.5 Å². The van der Waals surface area contributed by atoms with E-state index < -0.39 is 0 Å². The maximum Gasteiger partial charge on any atom is 0.227 e. The molecule has 2 aliphatic rings. The number of carbonyl (C=O) groups excluding carboxylic acids is 1. The van der Waals surface area contributed by atoms with Crippen molar-refractivity contribution in [1.29, 1.82) is 0 Å². The van der Waals surface area contributed by atoms with E-state index in [9.17, 15) is 9.18 Å². The zero-order valence-corrected chi connectivity index (χ0v) is 15.7. The van der Waals surface area contributed by atoms with Gasteiger partial charge in [0.1, 0.15) is 11.6 Å². The van der Waals surface area contributed by atoms with Crippen molar-refractivity contribution in [3.05, 3.63) is 53.4 Å². The second-order valence-corrected chi connectivity index (χ2v) is 7.60. The zero-order chi connectivity index (χ0) is 18.8. The maximum absolute atomic E-state index is 13.4. The van der Waals surface area contributed by atoms with Crippen molar-refractivity contribution in [2.75, 3.05) is 26.3 Å². The number of rotatable bonds is 4. The molecule has 2 aromatic rings. The molecular weight excluding hydrogens is 345 g/mol. The number of halogens is 1. The van der Waals surface area contributed by atoms with E-state index in [1.807, 2.05) is 11.1 Å². The van der Waals surface area contributed by atoms with Crippen molar-refractivity contribution in [1.82, 2.24) is 14.5 Å². The van der Waals surface area contributed by atoms with E-state index in [1.165, 1.54) is 12.1 Å². The highest BCUT2D eigenvalue weighted by atomic mass is 19.1. The fourth-order valence-corrected chi connectivity index (χ4v) is 4.31. The van der Waals surface area contributed by atoms with E-state index in [0.29, 0.717) is 12.5 Å². The first-order chi connectivity index (χ1) is 13.1. The van der Waals surface area contributed by atoms with Gasteiger partial charge in [-0.1, -0.05) is 12.1 Å². The van der Waals surface area contributed by atoms with Gasteiger partial charge in [0, 0.05) is 44.1 Å². The van der Waals surface area contributed by atoms with Crippen molar-refractivity contribution in [3.63, 3.8) is 0 Å². The highest BCUT2D eigenvalue weighted by molar-refractivity contribution is 5.79. The largest absolute Gasteiger partial charge is 0.381 e. The molecule has 6 heteroatoms. The molecule has 4 rings (SSSR count). The highest BCUT2D eigenvalue weighted by Gasteiger charge is 2.31. The molecule has 0 spiro atoms. The predicted molar refractivity (Wildman–Crippen MR) is 100 cm³/mol. The average molecular weight is 371 g/mol. The van der Waals surface area contributed by atoms with Crippen molar-refractivity contribution in [2.24, 2.45) is 0 Å². The molecule has 1 amide bonds. The van der Waals surface area contributed by atoms with Crippen LogP contribution >= 0.6 is 0 Å². The Morgan fingerprint density at radius 3 is 2.89 bits per heavy atom. The molecule has 0 bridgehead atoms. The van der Waals surface area contributed by atoms with Crippen LogP contribution in [-0.2, 0) is 16.0 Å². The van der Waals surface area contributed by atoms with Crippen LogP contribution in [0.2, 0.25) is 0 Å². The van der Waals surface area contributed by atoms with Crippen LogP contribution in [0, 0.1) is 12.7 Å². The molecule has 1 atom stereocenters. The van der Waals surface area contributed by atoms with Crippen LogP contribution < -0.4 is 0 Å². The number of carbonyl (C=O) groups is 1. The van der Waals surface area contributed by atoms with Gasteiger partial charge in [-0.05, 0) is 43.9 Å². The van der Waals surface area contributed by atoms with E-state index in [-0.39, 0.29) is 24.2 Å². The lowest BCUT2D eigenvalue weighted by Gasteiger charge is -2.26. The van der Waals surface area contributed by atoms with Gasteiger partial charge >= 0.3 is 0 Å². The quantitative estimate of drug-likeness (QED) is 0.829. The van der Waals surface area contributed by atoms with Gasteiger partial charge in [-0.15, -0.1) is 0 Å². The third kappa shape index (κ3) is 3.90. The zero-order valence-electron chi connectivity index (χ0n) is 15.7. The van der Waals surface area contributed by atoms with Gasteiger partial charge in [0.2, 0.25) is 5.91 Å². The molecule has 2 saturated heterocycles. The third-order valence-corrected chi connectivity index (χ3v) is 5.72. The molecule has 2 aliphatic heterocycles. The number of nitrogens with zero attached hydrogens (tertiary/aromatic N) is 3. The fraction of sp³-hybridized carbons (Fsp3) is 0.524. The Balaban J connectivity index is 1.45. The minimum absolute atomic E-state index is 0.0634. The molecule has 1 aromatic carbocycles. The molecule has 27 heavy (non-hydrogen) atoms. The number of ether oxygens (including phenoxy) is 1. The van der Waals surface area contributed by atoms with Gasteiger partial charge in [-0.3, -0.25) is 4.79 Å². The van der Waals surface area contributed by atoms with Crippen molar-refractivity contribution in [3.8, 4) is 0 Å². The van der Waals surface area contributed by atoms with Crippen molar-refractivity contribution in [2.45, 2.75) is 44.6 Å². The number of benzene rings is 1. The van der Waals surface area contributed by atoms with Gasteiger partial charge in [0.25, 0.3) is 0 Å². The number of imidazole rings is 1. The summed E-state index contributed by atoms with van der Waals surface area (Å²) in [4.78, 5) is 19.3. The summed E-state index contributed by atoms with van der Waals surface area (Å²) in [7, 11) is 0. The molecule has 1 aromatic heterocycles. The Morgan fingerprint density at radius 2 is 2.11 bits per heavy atom. The second kappa shape index (κ2) is 7.80. The van der Waals surface area contributed by atoms with Crippen LogP contribution in [0.1, 0.15) is 48.3 Å². The van der Waals surface area contributed by atoms with Crippen LogP contribution in [0.25, 0.3) is 0 Å². The van der Waals surface area contributed by atoms with Gasteiger partial charge < -0.3 is 14.2 Å². The third-order valence-electron chi connectivity index (χ3n) is 5.72. The molecule has 0 aliphatic carbocycles. The molecule has 1 unspecified atom stereocenters. The minimum Gasteiger partial charge on any atom is -0.381 e. The van der Waals surface area contributed by atoms with Gasteiger partial charge in [-0.2, -0.15) is 0 Å². The van der Waals surface area contributed by atoms with Crippen LogP contribution in [0.5, 0.6) is 0 Å². The summed E-state index contributed by atoms with van der Waals surface area (Å²) in [6.07, 6.45) is 5.14. The normalized spacial score (nSPS) is 21.0. The van der Waals surface area contributed by atoms with Crippen molar-refractivity contribution >= 4 is 5.91 Å². The lowest BCUT2D eigenvalue weighted by molar-refractivity contribution is -0.129. The van der Waals surface area contributed by atoms with Crippen LogP contribution in [-0.4, -0.2) is 46.7 Å². The molecule has 0 radical (unpaired) electrons. The Morgan fingerprint density at radius 1 is 1.30 bits per heavy atom.